The quantitative estimate of drug-likeness (QED) is 0.504. The molecule has 4 N–H and O–H groups in total. The van der Waals surface area contributed by atoms with E-state index in [1.165, 1.54) is 32.4 Å². The Labute approximate surface area is 207 Å². The molecule has 0 saturated carbocycles. The number of benzene rings is 2. The largest absolute Gasteiger partial charge is 0.507 e. The Kier molecular flexibility index (Phi) is 6.01. The van der Waals surface area contributed by atoms with E-state index in [-0.39, 0.29) is 45.6 Å². The van der Waals surface area contributed by atoms with E-state index in [1.807, 2.05) is 0 Å². The number of carbonyl (C=O) groups is 2. The van der Waals surface area contributed by atoms with Crippen LogP contribution in [0.2, 0.25) is 0 Å². The molecule has 3 aliphatic rings. The van der Waals surface area contributed by atoms with Gasteiger partial charge < -0.3 is 34.6 Å². The second kappa shape index (κ2) is 8.79. The Morgan fingerprint density at radius 3 is 2.28 bits per heavy atom. The van der Waals surface area contributed by atoms with Gasteiger partial charge in [0.2, 0.25) is 0 Å². The molecule has 0 unspecified atom stereocenters. The maximum absolute atomic E-state index is 13.9. The SMILES string of the molecule is CO[C@H]1C2=C(C(=O)c3ccc([C@H]4C[C@@H](O)[C@H](O)[C@@H](C)O4)c(O)c3C2=O)c2c(O)cc(C)cc2[C@@H]1OC. The van der Waals surface area contributed by atoms with E-state index in [1.54, 1.807) is 19.9 Å². The topological polar surface area (TPSA) is 143 Å². The van der Waals surface area contributed by atoms with Crippen LogP contribution < -0.4 is 0 Å². The molecule has 2 aromatic rings. The Balaban J connectivity index is 1.70. The molecule has 1 saturated heterocycles. The van der Waals surface area contributed by atoms with Crippen LogP contribution in [0.25, 0.3) is 5.57 Å². The minimum atomic E-state index is -1.08. The first-order valence-corrected chi connectivity index (χ1v) is 11.7. The maximum Gasteiger partial charge on any atom is 0.196 e. The van der Waals surface area contributed by atoms with Crippen LogP contribution in [0.5, 0.6) is 11.5 Å². The average Bonchev–Trinajstić information content (AvgIpc) is 2.83. The van der Waals surface area contributed by atoms with Crippen molar-refractivity contribution in [2.75, 3.05) is 14.2 Å². The number of phenols is 2. The lowest BCUT2D eigenvalue weighted by atomic mass is 9.71. The highest BCUT2D eigenvalue weighted by Crippen LogP contribution is 2.51. The van der Waals surface area contributed by atoms with Gasteiger partial charge in [0.15, 0.2) is 11.6 Å². The number of phenolic OH excluding ortho intramolecular Hbond substituents is 2. The van der Waals surface area contributed by atoms with Crippen LogP contribution in [0.3, 0.4) is 0 Å². The molecular weight excluding hydrogens is 468 g/mol. The van der Waals surface area contributed by atoms with Crippen molar-refractivity contribution in [2.45, 2.75) is 56.9 Å². The molecule has 1 fully saturated rings. The van der Waals surface area contributed by atoms with Gasteiger partial charge in [-0.05, 0) is 37.1 Å². The lowest BCUT2D eigenvalue weighted by Crippen LogP contribution is -2.44. The summed E-state index contributed by atoms with van der Waals surface area (Å²) in [5.74, 6) is -1.74. The molecule has 0 aromatic heterocycles. The first-order chi connectivity index (χ1) is 17.1. The molecule has 2 aliphatic carbocycles. The molecule has 0 radical (unpaired) electrons. The first kappa shape index (κ1) is 24.6. The lowest BCUT2D eigenvalue weighted by molar-refractivity contribution is -0.163. The molecule has 2 aromatic carbocycles. The Hall–Kier alpha value is -3.08. The third-order valence-electron chi connectivity index (χ3n) is 7.39. The van der Waals surface area contributed by atoms with E-state index in [0.717, 1.165) is 5.56 Å². The van der Waals surface area contributed by atoms with Gasteiger partial charge >= 0.3 is 0 Å². The molecule has 0 bridgehead atoms. The number of carbonyl (C=O) groups excluding carboxylic acids is 2. The summed E-state index contributed by atoms with van der Waals surface area (Å²) in [5, 5.41) is 42.3. The van der Waals surface area contributed by atoms with Gasteiger partial charge in [-0.15, -0.1) is 0 Å². The molecule has 9 nitrogen and oxygen atoms in total. The van der Waals surface area contributed by atoms with E-state index >= 15 is 0 Å². The molecule has 1 heterocycles. The Morgan fingerprint density at radius 2 is 1.64 bits per heavy atom. The average molecular weight is 497 g/mol. The third-order valence-corrected chi connectivity index (χ3v) is 7.39. The van der Waals surface area contributed by atoms with Gasteiger partial charge in [-0.2, -0.15) is 0 Å². The zero-order valence-electron chi connectivity index (χ0n) is 20.3. The van der Waals surface area contributed by atoms with Gasteiger partial charge in [0.25, 0.3) is 0 Å². The van der Waals surface area contributed by atoms with Crippen LogP contribution in [0.15, 0.2) is 29.8 Å². The van der Waals surface area contributed by atoms with E-state index < -0.39 is 53.9 Å². The fourth-order valence-electron chi connectivity index (χ4n) is 5.68. The number of rotatable bonds is 3. The van der Waals surface area contributed by atoms with Gasteiger partial charge in [0, 0.05) is 48.5 Å². The number of ether oxygens (including phenoxy) is 3. The predicted octanol–water partition coefficient (Wildman–Crippen LogP) is 2.53. The fraction of sp³-hybridized carbons (Fsp3) is 0.407. The number of aryl methyl sites for hydroxylation is 1. The standard InChI is InChI=1S/C27H28O9/c1-10-7-14-18(15(28)8-10)20-21(27(35-4)26(14)34-3)25(33)19-13(24(20)32)6-5-12(23(19)31)17-9-16(29)22(30)11(2)36-17/h5-8,11,16-17,22,26-31H,9H2,1-4H3/t11-,16-,17-,22-,26+,27+/m1/s1. The summed E-state index contributed by atoms with van der Waals surface area (Å²) in [7, 11) is 2.85. The van der Waals surface area contributed by atoms with Crippen molar-refractivity contribution < 1.29 is 44.2 Å². The molecule has 6 atom stereocenters. The van der Waals surface area contributed by atoms with E-state index in [4.69, 9.17) is 14.2 Å². The Morgan fingerprint density at radius 1 is 0.944 bits per heavy atom. The summed E-state index contributed by atoms with van der Waals surface area (Å²) >= 11 is 0. The highest BCUT2D eigenvalue weighted by molar-refractivity contribution is 6.42. The maximum atomic E-state index is 13.9. The van der Waals surface area contributed by atoms with Crippen LogP contribution in [0.1, 0.15) is 68.5 Å². The summed E-state index contributed by atoms with van der Waals surface area (Å²) < 4.78 is 17.1. The summed E-state index contributed by atoms with van der Waals surface area (Å²) in [6, 6.07) is 6.22. The summed E-state index contributed by atoms with van der Waals surface area (Å²) in [4.78, 5) is 27.7. The molecular formula is C27H28O9. The number of hydrogen-bond donors (Lipinski definition) is 4. The number of allylic oxidation sites excluding steroid dienone is 1. The van der Waals surface area contributed by atoms with Crippen LogP contribution in [0.4, 0.5) is 0 Å². The number of aliphatic hydroxyl groups excluding tert-OH is 2. The van der Waals surface area contributed by atoms with Crippen molar-refractivity contribution >= 4 is 17.1 Å². The van der Waals surface area contributed by atoms with Gasteiger partial charge in [0.05, 0.1) is 23.9 Å². The van der Waals surface area contributed by atoms with Crippen molar-refractivity contribution in [3.05, 3.63) is 63.2 Å². The van der Waals surface area contributed by atoms with Crippen molar-refractivity contribution in [2.24, 2.45) is 0 Å². The Bertz CT molecular complexity index is 1300. The number of aliphatic hydroxyl groups is 2. The minimum Gasteiger partial charge on any atom is -0.507 e. The summed E-state index contributed by atoms with van der Waals surface area (Å²) in [6.45, 7) is 3.40. The van der Waals surface area contributed by atoms with Crippen LogP contribution in [-0.4, -0.2) is 70.6 Å². The molecule has 5 rings (SSSR count). The zero-order valence-corrected chi connectivity index (χ0v) is 20.3. The molecule has 0 spiro atoms. The highest BCUT2D eigenvalue weighted by Gasteiger charge is 2.48. The van der Waals surface area contributed by atoms with Gasteiger partial charge in [-0.25, -0.2) is 0 Å². The zero-order chi connectivity index (χ0) is 26.0. The van der Waals surface area contributed by atoms with Crippen LogP contribution in [-0.2, 0) is 14.2 Å². The predicted molar refractivity (Wildman–Crippen MR) is 127 cm³/mol. The van der Waals surface area contributed by atoms with E-state index in [9.17, 15) is 30.0 Å². The summed E-state index contributed by atoms with van der Waals surface area (Å²) in [6.07, 6.45) is -5.41. The number of ketones is 2. The van der Waals surface area contributed by atoms with Gasteiger partial charge in [-0.3, -0.25) is 9.59 Å². The van der Waals surface area contributed by atoms with E-state index in [0.29, 0.717) is 5.56 Å². The number of fused-ring (bicyclic) bond motifs is 3. The molecule has 9 heteroatoms. The van der Waals surface area contributed by atoms with Crippen LogP contribution >= 0.6 is 0 Å². The lowest BCUT2D eigenvalue weighted by Gasteiger charge is -2.38. The van der Waals surface area contributed by atoms with Crippen molar-refractivity contribution in [1.29, 1.82) is 0 Å². The fourth-order valence-corrected chi connectivity index (χ4v) is 5.68. The second-order valence-electron chi connectivity index (χ2n) is 9.56. The molecule has 36 heavy (non-hydrogen) atoms. The normalized spacial score (nSPS) is 29.6. The smallest absolute Gasteiger partial charge is 0.196 e. The number of Topliss-reactive ketones (excluding diaryl/α,β-unsaturated/α-hetero) is 2. The number of hydrogen-bond acceptors (Lipinski definition) is 9. The number of aromatic hydroxyl groups is 2. The van der Waals surface area contributed by atoms with E-state index in [2.05, 4.69) is 0 Å². The minimum absolute atomic E-state index is 0.000973. The highest BCUT2D eigenvalue weighted by atomic mass is 16.5. The van der Waals surface area contributed by atoms with Crippen molar-refractivity contribution in [1.82, 2.24) is 0 Å². The van der Waals surface area contributed by atoms with Gasteiger partial charge in [-0.1, -0.05) is 12.1 Å². The van der Waals surface area contributed by atoms with Gasteiger partial charge in [0.1, 0.15) is 29.8 Å². The first-order valence-electron chi connectivity index (χ1n) is 11.7. The summed E-state index contributed by atoms with van der Waals surface area (Å²) in [5.41, 5.74) is 1.53. The third kappa shape index (κ3) is 3.42. The second-order valence-corrected chi connectivity index (χ2v) is 9.56. The van der Waals surface area contributed by atoms with Crippen LogP contribution in [0, 0.1) is 6.92 Å². The monoisotopic (exact) mass is 496 g/mol. The molecule has 190 valence electrons. The molecule has 0 amide bonds. The molecule has 1 aliphatic heterocycles. The van der Waals surface area contributed by atoms with Crippen molar-refractivity contribution in [3.8, 4) is 11.5 Å². The number of methoxy groups -OCH3 is 2. The van der Waals surface area contributed by atoms with Crippen molar-refractivity contribution in [3.63, 3.8) is 0 Å².